The van der Waals surface area contributed by atoms with E-state index in [0.717, 1.165) is 22.0 Å². The maximum Gasteiger partial charge on any atom is 0.433 e. The van der Waals surface area contributed by atoms with Crippen molar-refractivity contribution in [3.8, 4) is 11.6 Å². The number of halogens is 3. The Hall–Kier alpha value is -3.24. The molecule has 0 aliphatic carbocycles. The Morgan fingerprint density at radius 2 is 1.79 bits per heavy atom. The molecule has 0 fully saturated rings. The Morgan fingerprint density at radius 3 is 2.46 bits per heavy atom. The van der Waals surface area contributed by atoms with Crippen LogP contribution in [-0.4, -0.2) is 34.6 Å². The van der Waals surface area contributed by atoms with E-state index in [-0.39, 0.29) is 22.9 Å². The van der Waals surface area contributed by atoms with Gasteiger partial charge in [-0.25, -0.2) is 9.50 Å². The first kappa shape index (κ1) is 18.1. The van der Waals surface area contributed by atoms with E-state index in [0.29, 0.717) is 18.9 Å². The highest BCUT2D eigenvalue weighted by Gasteiger charge is 2.35. The van der Waals surface area contributed by atoms with Crippen LogP contribution >= 0.6 is 0 Å². The number of fused-ring (bicyclic) bond motifs is 1. The molecule has 4 aromatic heterocycles. The van der Waals surface area contributed by atoms with Crippen molar-refractivity contribution in [1.29, 1.82) is 0 Å². The first-order valence-corrected chi connectivity index (χ1v) is 8.49. The van der Waals surface area contributed by atoms with E-state index < -0.39 is 11.9 Å². The van der Waals surface area contributed by atoms with E-state index in [4.69, 9.17) is 4.42 Å². The SMILES string of the molecule is Cc1cc(C(F)(F)F)n2nc(-c3nnc(CCn4nc(C)cc4C)o3)cc2n1. The Bertz CT molecular complexity index is 1160. The zero-order valence-corrected chi connectivity index (χ0v) is 15.3. The maximum absolute atomic E-state index is 13.3. The quantitative estimate of drug-likeness (QED) is 0.531. The lowest BCUT2D eigenvalue weighted by Crippen LogP contribution is -2.13. The van der Waals surface area contributed by atoms with Crippen LogP contribution in [0.5, 0.6) is 0 Å². The van der Waals surface area contributed by atoms with Crippen LogP contribution in [0.15, 0.2) is 22.6 Å². The largest absolute Gasteiger partial charge is 0.433 e. The summed E-state index contributed by atoms with van der Waals surface area (Å²) in [4.78, 5) is 4.09. The lowest BCUT2D eigenvalue weighted by molar-refractivity contribution is -0.142. The summed E-state index contributed by atoms with van der Waals surface area (Å²) in [6.45, 7) is 5.89. The highest BCUT2D eigenvalue weighted by molar-refractivity contribution is 5.56. The number of alkyl halides is 3. The molecule has 0 radical (unpaired) electrons. The minimum Gasteiger partial charge on any atom is -0.419 e. The van der Waals surface area contributed by atoms with Crippen LogP contribution in [0.3, 0.4) is 0 Å². The average Bonchev–Trinajstić information content (AvgIpc) is 3.29. The number of hydrogen-bond donors (Lipinski definition) is 0. The van der Waals surface area contributed by atoms with Gasteiger partial charge < -0.3 is 4.42 Å². The minimum absolute atomic E-state index is 0.0413. The molecule has 0 aromatic carbocycles. The van der Waals surface area contributed by atoms with Gasteiger partial charge in [0, 0.05) is 30.4 Å². The van der Waals surface area contributed by atoms with E-state index in [1.54, 1.807) is 0 Å². The molecule has 0 aliphatic rings. The van der Waals surface area contributed by atoms with Crippen LogP contribution in [0.25, 0.3) is 17.2 Å². The van der Waals surface area contributed by atoms with Gasteiger partial charge in [0.2, 0.25) is 5.89 Å². The Morgan fingerprint density at radius 1 is 1.00 bits per heavy atom. The maximum atomic E-state index is 13.3. The molecule has 0 amide bonds. The first-order valence-electron chi connectivity index (χ1n) is 8.49. The fourth-order valence-electron chi connectivity index (χ4n) is 2.97. The second kappa shape index (κ2) is 6.43. The zero-order chi connectivity index (χ0) is 20.1. The smallest absolute Gasteiger partial charge is 0.419 e. The molecule has 0 spiro atoms. The molecule has 4 rings (SSSR count). The van der Waals surface area contributed by atoms with E-state index >= 15 is 0 Å². The van der Waals surface area contributed by atoms with Crippen LogP contribution in [0.1, 0.15) is 28.7 Å². The highest BCUT2D eigenvalue weighted by Crippen LogP contribution is 2.30. The molecule has 146 valence electrons. The first-order chi connectivity index (χ1) is 13.2. The monoisotopic (exact) mass is 391 g/mol. The second-order valence-electron chi connectivity index (χ2n) is 6.48. The van der Waals surface area contributed by atoms with Crippen LogP contribution in [-0.2, 0) is 19.1 Å². The fourth-order valence-corrected chi connectivity index (χ4v) is 2.97. The van der Waals surface area contributed by atoms with Gasteiger partial charge in [0.1, 0.15) is 5.69 Å². The van der Waals surface area contributed by atoms with Crippen LogP contribution in [0, 0.1) is 20.8 Å². The van der Waals surface area contributed by atoms with Crippen molar-refractivity contribution in [3.63, 3.8) is 0 Å². The number of aryl methyl sites for hydroxylation is 5. The van der Waals surface area contributed by atoms with Crippen LogP contribution in [0.4, 0.5) is 13.2 Å². The summed E-state index contributed by atoms with van der Waals surface area (Å²) in [5, 5.41) is 16.2. The molecule has 0 saturated heterocycles. The molecular formula is C17H16F3N7O. The number of aromatic nitrogens is 7. The molecule has 0 N–H and O–H groups in total. The molecule has 0 saturated carbocycles. The lowest BCUT2D eigenvalue weighted by atomic mass is 10.3. The Labute approximate surface area is 157 Å². The van der Waals surface area contributed by atoms with Gasteiger partial charge in [-0.3, -0.25) is 4.68 Å². The molecule has 0 aliphatic heterocycles. The Balaban J connectivity index is 1.61. The predicted molar refractivity (Wildman–Crippen MR) is 91.4 cm³/mol. The van der Waals surface area contributed by atoms with Crippen molar-refractivity contribution < 1.29 is 17.6 Å². The summed E-state index contributed by atoms with van der Waals surface area (Å²) in [6.07, 6.45) is -4.12. The van der Waals surface area contributed by atoms with Gasteiger partial charge in [-0.05, 0) is 32.9 Å². The van der Waals surface area contributed by atoms with E-state index in [1.807, 2.05) is 24.6 Å². The van der Waals surface area contributed by atoms with Gasteiger partial charge in [-0.15, -0.1) is 10.2 Å². The van der Waals surface area contributed by atoms with Crippen molar-refractivity contribution in [2.24, 2.45) is 0 Å². The summed E-state index contributed by atoms with van der Waals surface area (Å²) >= 11 is 0. The van der Waals surface area contributed by atoms with Gasteiger partial charge >= 0.3 is 6.18 Å². The summed E-state index contributed by atoms with van der Waals surface area (Å²) in [7, 11) is 0. The van der Waals surface area contributed by atoms with E-state index in [1.165, 1.54) is 13.0 Å². The van der Waals surface area contributed by atoms with Gasteiger partial charge in [-0.2, -0.15) is 23.4 Å². The molecule has 0 bridgehead atoms. The number of rotatable bonds is 4. The zero-order valence-electron chi connectivity index (χ0n) is 15.3. The molecule has 11 heteroatoms. The van der Waals surface area contributed by atoms with Crippen molar-refractivity contribution in [1.82, 2.24) is 34.6 Å². The Kier molecular flexibility index (Phi) is 4.16. The van der Waals surface area contributed by atoms with Gasteiger partial charge in [0.25, 0.3) is 5.89 Å². The minimum atomic E-state index is -4.56. The van der Waals surface area contributed by atoms with Gasteiger partial charge in [-0.1, -0.05) is 0 Å². The molecule has 4 aromatic rings. The lowest BCUT2D eigenvalue weighted by Gasteiger charge is -2.08. The van der Waals surface area contributed by atoms with E-state index in [9.17, 15) is 13.2 Å². The molecule has 0 unspecified atom stereocenters. The van der Waals surface area contributed by atoms with Crippen molar-refractivity contribution in [2.45, 2.75) is 39.9 Å². The van der Waals surface area contributed by atoms with Crippen LogP contribution in [0.2, 0.25) is 0 Å². The molecular weight excluding hydrogens is 375 g/mol. The standard InChI is InChI=1S/C17H16F3N7O/c1-9-7-13(17(18,19)20)27-14(21-9)8-12(25-27)16-23-22-15(28-16)4-5-26-11(3)6-10(2)24-26/h6-8H,4-5H2,1-3H3. The predicted octanol–water partition coefficient (Wildman–Crippen LogP) is 3.16. The van der Waals surface area contributed by atoms with Crippen molar-refractivity contribution in [2.75, 3.05) is 0 Å². The van der Waals surface area contributed by atoms with E-state index in [2.05, 4.69) is 25.4 Å². The average molecular weight is 391 g/mol. The fraction of sp³-hybridized carbons (Fsp3) is 0.353. The third-order valence-corrected chi connectivity index (χ3v) is 4.17. The molecule has 0 atom stereocenters. The third kappa shape index (κ3) is 3.35. The van der Waals surface area contributed by atoms with Crippen molar-refractivity contribution in [3.05, 3.63) is 46.9 Å². The van der Waals surface area contributed by atoms with Crippen molar-refractivity contribution >= 4 is 5.65 Å². The number of hydrogen-bond acceptors (Lipinski definition) is 6. The summed E-state index contributed by atoms with van der Waals surface area (Å²) in [5.41, 5.74) is 1.45. The summed E-state index contributed by atoms with van der Waals surface area (Å²) in [6, 6.07) is 4.29. The topological polar surface area (TPSA) is 86.9 Å². The van der Waals surface area contributed by atoms with Gasteiger partial charge in [0.05, 0.1) is 5.69 Å². The summed E-state index contributed by atoms with van der Waals surface area (Å²) in [5.74, 6) is 0.388. The molecule has 8 nitrogen and oxygen atoms in total. The second-order valence-corrected chi connectivity index (χ2v) is 6.48. The number of nitrogens with zero attached hydrogens (tertiary/aromatic N) is 7. The normalized spacial score (nSPS) is 12.2. The molecule has 4 heterocycles. The molecule has 28 heavy (non-hydrogen) atoms. The summed E-state index contributed by atoms with van der Waals surface area (Å²) < 4.78 is 47.9. The van der Waals surface area contributed by atoms with Gasteiger partial charge in [0.15, 0.2) is 11.3 Å². The highest BCUT2D eigenvalue weighted by atomic mass is 19.4. The van der Waals surface area contributed by atoms with Crippen LogP contribution < -0.4 is 0 Å². The third-order valence-electron chi connectivity index (χ3n) is 4.17.